The second-order valence-electron chi connectivity index (χ2n) is 5.28. The topological polar surface area (TPSA) is 35.5 Å². The number of nitrogens with zero attached hydrogens (tertiary/aromatic N) is 1. The molecule has 2 unspecified atom stereocenters. The van der Waals surface area contributed by atoms with Gasteiger partial charge in [-0.2, -0.15) is 0 Å². The van der Waals surface area contributed by atoms with Crippen LogP contribution in [0.3, 0.4) is 0 Å². The first-order valence-electron chi connectivity index (χ1n) is 6.24. The van der Waals surface area contributed by atoms with Crippen molar-refractivity contribution in [3.63, 3.8) is 0 Å². The zero-order valence-corrected chi connectivity index (χ0v) is 10.9. The fraction of sp³-hybridized carbons (Fsp3) is 0.571. The fourth-order valence-electron chi connectivity index (χ4n) is 2.45. The van der Waals surface area contributed by atoms with E-state index in [9.17, 15) is 5.11 Å². The first-order valence-corrected chi connectivity index (χ1v) is 6.24. The van der Waals surface area contributed by atoms with E-state index >= 15 is 0 Å². The summed E-state index contributed by atoms with van der Waals surface area (Å²) in [7, 11) is 1.91. The maximum absolute atomic E-state index is 9.49. The number of benzene rings is 1. The summed E-state index contributed by atoms with van der Waals surface area (Å²) in [4.78, 5) is 2.39. The maximum atomic E-state index is 9.49. The third-order valence-corrected chi connectivity index (χ3v) is 3.82. The summed E-state index contributed by atoms with van der Waals surface area (Å²) in [6.45, 7) is 5.28. The first kappa shape index (κ1) is 12.4. The highest BCUT2D eigenvalue weighted by atomic mass is 16.3. The fourth-order valence-corrected chi connectivity index (χ4v) is 2.45. The molecule has 0 spiro atoms. The molecule has 2 N–H and O–H groups in total. The van der Waals surface area contributed by atoms with Gasteiger partial charge < -0.3 is 15.3 Å². The lowest BCUT2D eigenvalue weighted by Crippen LogP contribution is -2.53. The molecule has 17 heavy (non-hydrogen) atoms. The average Bonchev–Trinajstić information content (AvgIpc) is 2.66. The van der Waals surface area contributed by atoms with Gasteiger partial charge in [-0.25, -0.2) is 0 Å². The van der Waals surface area contributed by atoms with Crippen LogP contribution >= 0.6 is 0 Å². The van der Waals surface area contributed by atoms with Crippen LogP contribution in [0.2, 0.25) is 0 Å². The summed E-state index contributed by atoms with van der Waals surface area (Å²) >= 11 is 0. The zero-order valence-electron chi connectivity index (χ0n) is 10.9. The Labute approximate surface area is 103 Å². The number of rotatable bonds is 4. The Morgan fingerprint density at radius 1 is 1.47 bits per heavy atom. The maximum Gasteiger partial charge on any atom is 0.0627 e. The highest BCUT2D eigenvalue weighted by molar-refractivity contribution is 5.59. The molecule has 3 nitrogen and oxygen atoms in total. The Balaban J connectivity index is 2.22. The first-order chi connectivity index (χ1) is 8.09. The third kappa shape index (κ3) is 2.31. The molecule has 2 atom stereocenters. The Morgan fingerprint density at radius 3 is 2.82 bits per heavy atom. The minimum atomic E-state index is -0.244. The number of aliphatic hydroxyl groups is 1. The highest BCUT2D eigenvalue weighted by Gasteiger charge is 2.31. The van der Waals surface area contributed by atoms with Crippen LogP contribution in [0.25, 0.3) is 0 Å². The van der Waals surface area contributed by atoms with Crippen LogP contribution in [0.15, 0.2) is 24.3 Å². The molecule has 0 saturated heterocycles. The molecule has 2 rings (SSSR count). The molecule has 0 radical (unpaired) electrons. The summed E-state index contributed by atoms with van der Waals surface area (Å²) in [5.74, 6) is 0. The molecule has 0 saturated carbocycles. The molecule has 1 aromatic rings. The van der Waals surface area contributed by atoms with E-state index in [2.05, 4.69) is 48.3 Å². The second-order valence-corrected chi connectivity index (χ2v) is 5.28. The number of anilines is 1. The number of hydrogen-bond acceptors (Lipinski definition) is 3. The molecule has 0 aromatic heterocycles. The lowest BCUT2D eigenvalue weighted by Gasteiger charge is -2.35. The van der Waals surface area contributed by atoms with Crippen molar-refractivity contribution in [2.45, 2.75) is 31.8 Å². The molecule has 0 bridgehead atoms. The second kappa shape index (κ2) is 4.67. The van der Waals surface area contributed by atoms with E-state index < -0.39 is 0 Å². The van der Waals surface area contributed by atoms with Crippen molar-refractivity contribution in [3.05, 3.63) is 29.8 Å². The predicted octanol–water partition coefficient (Wildman–Crippen LogP) is 1.41. The van der Waals surface area contributed by atoms with Gasteiger partial charge in [0.25, 0.3) is 0 Å². The van der Waals surface area contributed by atoms with Crippen molar-refractivity contribution in [2.75, 3.05) is 25.1 Å². The van der Waals surface area contributed by atoms with Crippen molar-refractivity contribution in [3.8, 4) is 0 Å². The summed E-state index contributed by atoms with van der Waals surface area (Å²) in [5.41, 5.74) is 2.48. The molecule has 0 amide bonds. The van der Waals surface area contributed by atoms with Crippen molar-refractivity contribution in [1.82, 2.24) is 5.32 Å². The quantitative estimate of drug-likeness (QED) is 0.827. The highest BCUT2D eigenvalue weighted by Crippen LogP contribution is 2.32. The Hall–Kier alpha value is -1.06. The predicted molar refractivity (Wildman–Crippen MR) is 71.5 cm³/mol. The number of hydrogen-bond donors (Lipinski definition) is 2. The van der Waals surface area contributed by atoms with Crippen molar-refractivity contribution in [1.29, 1.82) is 0 Å². The van der Waals surface area contributed by atoms with E-state index in [1.54, 1.807) is 0 Å². The van der Waals surface area contributed by atoms with Gasteiger partial charge in [-0.3, -0.25) is 0 Å². The van der Waals surface area contributed by atoms with Gasteiger partial charge in [0.15, 0.2) is 0 Å². The molecule has 94 valence electrons. The number of aliphatic hydroxyl groups excluding tert-OH is 1. The van der Waals surface area contributed by atoms with E-state index in [1.807, 2.05) is 7.05 Å². The summed E-state index contributed by atoms with van der Waals surface area (Å²) < 4.78 is 0. The Kier molecular flexibility index (Phi) is 3.40. The van der Waals surface area contributed by atoms with Gasteiger partial charge in [0.05, 0.1) is 12.1 Å². The van der Waals surface area contributed by atoms with E-state index in [4.69, 9.17) is 0 Å². The van der Waals surface area contributed by atoms with Gasteiger partial charge in [-0.05, 0) is 38.9 Å². The Morgan fingerprint density at radius 2 is 2.18 bits per heavy atom. The smallest absolute Gasteiger partial charge is 0.0627 e. The van der Waals surface area contributed by atoms with E-state index in [0.717, 1.165) is 13.0 Å². The molecule has 1 aromatic carbocycles. The van der Waals surface area contributed by atoms with Crippen LogP contribution in [0, 0.1) is 0 Å². The van der Waals surface area contributed by atoms with Crippen LogP contribution < -0.4 is 10.2 Å². The lowest BCUT2D eigenvalue weighted by molar-refractivity contribution is 0.184. The molecule has 1 aliphatic rings. The Bertz CT molecular complexity index is 388. The van der Waals surface area contributed by atoms with Gasteiger partial charge in [-0.15, -0.1) is 0 Å². The molecule has 1 aliphatic heterocycles. The summed E-state index contributed by atoms with van der Waals surface area (Å²) in [5, 5.41) is 12.7. The largest absolute Gasteiger partial charge is 0.394 e. The minimum absolute atomic E-state index is 0.148. The average molecular weight is 234 g/mol. The lowest BCUT2D eigenvalue weighted by atomic mass is 10.0. The number of likely N-dealkylation sites (N-methyl/N-ethyl adjacent to an activating group) is 1. The molecule has 0 fully saturated rings. The van der Waals surface area contributed by atoms with Gasteiger partial charge in [0, 0.05) is 18.3 Å². The molecule has 3 heteroatoms. The standard InChI is InChI=1S/C14H22N2O/c1-11-8-12-6-4-5-7-13(12)16(11)9-14(2,10-17)15-3/h4-7,11,15,17H,8-10H2,1-3H3. The van der Waals surface area contributed by atoms with Crippen LogP contribution in [0.4, 0.5) is 5.69 Å². The number of nitrogens with one attached hydrogen (secondary N) is 1. The van der Waals surface area contributed by atoms with E-state index in [-0.39, 0.29) is 12.1 Å². The summed E-state index contributed by atoms with van der Waals surface area (Å²) in [6.07, 6.45) is 1.10. The normalized spacial score (nSPS) is 22.4. The van der Waals surface area contributed by atoms with Crippen LogP contribution in [-0.2, 0) is 6.42 Å². The van der Waals surface area contributed by atoms with Crippen molar-refractivity contribution >= 4 is 5.69 Å². The van der Waals surface area contributed by atoms with E-state index in [0.29, 0.717) is 6.04 Å². The van der Waals surface area contributed by atoms with Crippen LogP contribution in [-0.4, -0.2) is 36.9 Å². The molecular formula is C14H22N2O. The van der Waals surface area contributed by atoms with E-state index in [1.165, 1.54) is 11.3 Å². The van der Waals surface area contributed by atoms with Crippen LogP contribution in [0.5, 0.6) is 0 Å². The third-order valence-electron chi connectivity index (χ3n) is 3.82. The number of para-hydroxylation sites is 1. The van der Waals surface area contributed by atoms with Gasteiger partial charge >= 0.3 is 0 Å². The SMILES string of the molecule is CNC(C)(CO)CN1c2ccccc2CC1C. The van der Waals surface area contributed by atoms with Gasteiger partial charge in [-0.1, -0.05) is 18.2 Å². The molecule has 1 heterocycles. The van der Waals surface area contributed by atoms with Crippen LogP contribution in [0.1, 0.15) is 19.4 Å². The zero-order chi connectivity index (χ0) is 12.5. The summed E-state index contributed by atoms with van der Waals surface area (Å²) in [6, 6.07) is 9.05. The van der Waals surface area contributed by atoms with Crippen molar-refractivity contribution < 1.29 is 5.11 Å². The van der Waals surface area contributed by atoms with Gasteiger partial charge in [0.1, 0.15) is 0 Å². The van der Waals surface area contributed by atoms with Crippen molar-refractivity contribution in [2.24, 2.45) is 0 Å². The number of fused-ring (bicyclic) bond motifs is 1. The molecular weight excluding hydrogens is 212 g/mol. The molecule has 0 aliphatic carbocycles. The monoisotopic (exact) mass is 234 g/mol. The van der Waals surface area contributed by atoms with Gasteiger partial charge in [0.2, 0.25) is 0 Å². The minimum Gasteiger partial charge on any atom is -0.394 e.